The van der Waals surface area contributed by atoms with Crippen LogP contribution in [0, 0.1) is 0 Å². The number of hydrogen-bond donors (Lipinski definition) is 0. The van der Waals surface area contributed by atoms with E-state index >= 15 is 0 Å². The van der Waals surface area contributed by atoms with Crippen molar-refractivity contribution in [3.05, 3.63) is 133 Å². The lowest BCUT2D eigenvalue weighted by Gasteiger charge is -2.08. The van der Waals surface area contributed by atoms with Crippen LogP contribution in [0.15, 0.2) is 138 Å². The Balaban J connectivity index is 0.894. The zero-order chi connectivity index (χ0) is 40.0. The molecule has 0 saturated heterocycles. The Morgan fingerprint density at radius 2 is 0.712 bits per heavy atom. The Morgan fingerprint density at radius 1 is 0.356 bits per heavy atom. The van der Waals surface area contributed by atoms with E-state index in [1.807, 2.05) is 0 Å². The third kappa shape index (κ3) is 8.08. The predicted octanol–water partition coefficient (Wildman–Crippen LogP) is 15.7. The van der Waals surface area contributed by atoms with Gasteiger partial charge in [-0.05, 0) is 95.8 Å². The molecule has 0 fully saturated rings. The summed E-state index contributed by atoms with van der Waals surface area (Å²) in [5.41, 5.74) is 11.8. The van der Waals surface area contributed by atoms with E-state index in [1.54, 1.807) is 0 Å². The molecule has 5 heteroatoms. The standard InChI is InChI=1S/C54H56N4O/c1-3-5-7-9-11-17-35-57-49-21-15-13-19-45(49)47-37-43(31-33-51(47)57)39-23-27-41(28-24-39)53-55-56-54(59-53)42-29-25-40(26-30-42)44-32-34-52-48(38-44)46-20-14-16-22-50(46)58(52)36-18-12-10-8-6-4-2/h13-16,19-34,37-38H,3-12,17-18,35-36H2,1-2H3. The van der Waals surface area contributed by atoms with Crippen molar-refractivity contribution in [3.8, 4) is 45.2 Å². The molecular weight excluding hydrogens is 721 g/mol. The zero-order valence-electron chi connectivity index (χ0n) is 34.8. The second kappa shape index (κ2) is 17.9. The second-order valence-electron chi connectivity index (χ2n) is 16.4. The van der Waals surface area contributed by atoms with Crippen LogP contribution in [-0.2, 0) is 13.1 Å². The van der Waals surface area contributed by atoms with E-state index < -0.39 is 0 Å². The van der Waals surface area contributed by atoms with Gasteiger partial charge in [0.2, 0.25) is 11.8 Å². The van der Waals surface area contributed by atoms with E-state index in [0.29, 0.717) is 11.8 Å². The summed E-state index contributed by atoms with van der Waals surface area (Å²) in [5, 5.41) is 14.2. The minimum Gasteiger partial charge on any atom is -0.416 e. The molecule has 0 spiro atoms. The van der Waals surface area contributed by atoms with Gasteiger partial charge in [-0.15, -0.1) is 10.2 Å². The third-order valence-corrected chi connectivity index (χ3v) is 12.4. The number of rotatable bonds is 18. The Kier molecular flexibility index (Phi) is 11.7. The highest BCUT2D eigenvalue weighted by atomic mass is 16.4. The van der Waals surface area contributed by atoms with Gasteiger partial charge in [0.15, 0.2) is 0 Å². The molecule has 298 valence electrons. The van der Waals surface area contributed by atoms with Crippen molar-refractivity contribution in [2.75, 3.05) is 0 Å². The number of unbranched alkanes of at least 4 members (excludes halogenated alkanes) is 10. The van der Waals surface area contributed by atoms with Crippen molar-refractivity contribution in [1.29, 1.82) is 0 Å². The summed E-state index contributed by atoms with van der Waals surface area (Å²) in [7, 11) is 0. The summed E-state index contributed by atoms with van der Waals surface area (Å²) in [4.78, 5) is 0. The first kappa shape index (κ1) is 38.6. The fourth-order valence-corrected chi connectivity index (χ4v) is 9.12. The van der Waals surface area contributed by atoms with Gasteiger partial charge >= 0.3 is 0 Å². The van der Waals surface area contributed by atoms with E-state index in [1.165, 1.54) is 143 Å². The molecule has 0 aliphatic carbocycles. The molecule has 0 saturated carbocycles. The molecule has 9 rings (SSSR count). The molecule has 0 aliphatic rings. The molecule has 0 atom stereocenters. The molecule has 0 radical (unpaired) electrons. The Bertz CT molecular complexity index is 2610. The lowest BCUT2D eigenvalue weighted by Crippen LogP contribution is -1.97. The topological polar surface area (TPSA) is 48.8 Å². The second-order valence-corrected chi connectivity index (χ2v) is 16.4. The summed E-state index contributed by atoms with van der Waals surface area (Å²) in [6.45, 7) is 6.68. The largest absolute Gasteiger partial charge is 0.416 e. The maximum absolute atomic E-state index is 6.26. The number of nitrogens with zero attached hydrogens (tertiary/aromatic N) is 4. The predicted molar refractivity (Wildman–Crippen MR) is 249 cm³/mol. The van der Waals surface area contributed by atoms with Crippen LogP contribution in [0.5, 0.6) is 0 Å². The van der Waals surface area contributed by atoms with Crippen LogP contribution in [0.1, 0.15) is 90.9 Å². The van der Waals surface area contributed by atoms with Crippen molar-refractivity contribution < 1.29 is 4.42 Å². The number of aryl methyl sites for hydroxylation is 2. The van der Waals surface area contributed by atoms with Gasteiger partial charge in [-0.25, -0.2) is 0 Å². The van der Waals surface area contributed by atoms with Gasteiger partial charge in [-0.2, -0.15) is 0 Å². The van der Waals surface area contributed by atoms with Gasteiger partial charge in [0, 0.05) is 67.8 Å². The van der Waals surface area contributed by atoms with Crippen molar-refractivity contribution in [2.24, 2.45) is 0 Å². The Morgan fingerprint density at radius 3 is 1.15 bits per heavy atom. The Hall–Kier alpha value is -5.94. The van der Waals surface area contributed by atoms with Crippen LogP contribution in [0.25, 0.3) is 88.8 Å². The summed E-state index contributed by atoms with van der Waals surface area (Å²) >= 11 is 0. The van der Waals surface area contributed by atoms with Gasteiger partial charge in [0.1, 0.15) is 0 Å². The highest BCUT2D eigenvalue weighted by Gasteiger charge is 2.15. The number of aromatic nitrogens is 4. The lowest BCUT2D eigenvalue weighted by atomic mass is 10.0. The monoisotopic (exact) mass is 776 g/mol. The molecule has 9 aromatic rings. The summed E-state index contributed by atoms with van der Waals surface area (Å²) in [5.74, 6) is 1.04. The smallest absolute Gasteiger partial charge is 0.248 e. The molecule has 0 N–H and O–H groups in total. The van der Waals surface area contributed by atoms with E-state index in [4.69, 9.17) is 4.42 Å². The molecule has 0 bridgehead atoms. The van der Waals surface area contributed by atoms with Crippen LogP contribution in [0.2, 0.25) is 0 Å². The van der Waals surface area contributed by atoms with Crippen LogP contribution in [0.3, 0.4) is 0 Å². The van der Waals surface area contributed by atoms with Gasteiger partial charge in [-0.3, -0.25) is 0 Å². The fraction of sp³-hybridized carbons (Fsp3) is 0.296. The Labute approximate surface area is 348 Å². The van der Waals surface area contributed by atoms with Crippen molar-refractivity contribution in [2.45, 2.75) is 104 Å². The van der Waals surface area contributed by atoms with Crippen LogP contribution >= 0.6 is 0 Å². The number of benzene rings is 6. The maximum atomic E-state index is 6.26. The van der Waals surface area contributed by atoms with Gasteiger partial charge in [0.25, 0.3) is 0 Å². The highest BCUT2D eigenvalue weighted by Crippen LogP contribution is 2.36. The quantitative estimate of drug-likeness (QED) is 0.0816. The van der Waals surface area contributed by atoms with Crippen LogP contribution < -0.4 is 0 Å². The molecule has 0 aliphatic heterocycles. The molecule has 0 unspecified atom stereocenters. The fourth-order valence-electron chi connectivity index (χ4n) is 9.12. The zero-order valence-corrected chi connectivity index (χ0v) is 34.8. The van der Waals surface area contributed by atoms with Gasteiger partial charge < -0.3 is 13.6 Å². The molecule has 0 amide bonds. The van der Waals surface area contributed by atoms with Crippen molar-refractivity contribution in [1.82, 2.24) is 19.3 Å². The first-order chi connectivity index (χ1) is 29.2. The van der Waals surface area contributed by atoms with Gasteiger partial charge in [0.05, 0.1) is 0 Å². The number of hydrogen-bond acceptors (Lipinski definition) is 3. The first-order valence-electron chi connectivity index (χ1n) is 22.3. The summed E-state index contributed by atoms with van der Waals surface area (Å²) < 4.78 is 11.3. The molecule has 59 heavy (non-hydrogen) atoms. The van der Waals surface area contributed by atoms with Crippen molar-refractivity contribution >= 4 is 43.6 Å². The highest BCUT2D eigenvalue weighted by molar-refractivity contribution is 6.10. The molecule has 3 aromatic heterocycles. The lowest BCUT2D eigenvalue weighted by molar-refractivity contribution is 0.571. The van der Waals surface area contributed by atoms with E-state index in [0.717, 1.165) is 24.2 Å². The molecular formula is C54H56N4O. The van der Waals surface area contributed by atoms with Crippen molar-refractivity contribution in [3.63, 3.8) is 0 Å². The summed E-state index contributed by atoms with van der Waals surface area (Å²) in [6, 6.07) is 48.5. The molecule has 6 aromatic carbocycles. The minimum atomic E-state index is 0.520. The average Bonchev–Trinajstić information content (AvgIpc) is 3.99. The van der Waals surface area contributed by atoms with Crippen LogP contribution in [0.4, 0.5) is 0 Å². The molecule has 3 heterocycles. The molecule has 5 nitrogen and oxygen atoms in total. The SMILES string of the molecule is CCCCCCCCn1c2ccccc2c2cc(-c3ccc(-c4nnc(-c5ccc(-c6ccc7c(c6)c6ccccc6n7CCCCCCCC)cc5)o4)cc3)ccc21. The maximum Gasteiger partial charge on any atom is 0.248 e. The van der Waals surface area contributed by atoms with E-state index in [-0.39, 0.29) is 0 Å². The average molecular weight is 777 g/mol. The normalized spacial score (nSPS) is 11.8. The van der Waals surface area contributed by atoms with Crippen LogP contribution in [-0.4, -0.2) is 19.3 Å². The minimum absolute atomic E-state index is 0.520. The third-order valence-electron chi connectivity index (χ3n) is 12.4. The van der Waals surface area contributed by atoms with Gasteiger partial charge in [-0.1, -0.05) is 151 Å². The first-order valence-corrected chi connectivity index (χ1v) is 22.3. The summed E-state index contributed by atoms with van der Waals surface area (Å²) in [6.07, 6.45) is 15.6. The van der Waals surface area contributed by atoms with E-state index in [2.05, 4.69) is 167 Å². The number of para-hydroxylation sites is 2. The van der Waals surface area contributed by atoms with E-state index in [9.17, 15) is 0 Å². The number of fused-ring (bicyclic) bond motifs is 6.